The second kappa shape index (κ2) is 19.3. The predicted molar refractivity (Wildman–Crippen MR) is 183 cm³/mol. The summed E-state index contributed by atoms with van der Waals surface area (Å²) < 4.78 is 28.3. The van der Waals surface area contributed by atoms with Crippen LogP contribution in [0.25, 0.3) is 0 Å². The SMILES string of the molecule is CC#Cc1cc(C(=O)NC(Cc2cc(F)cc(F)c2)C(O)CN(CCC)NC(=O)Cc2ccccc2)cc(C(=O)N(CCC)CCC)c1. The number of hydrogen-bond donors (Lipinski definition) is 3. The third-order valence-corrected chi connectivity index (χ3v) is 7.54. The molecule has 0 aliphatic heterocycles. The molecule has 3 aromatic rings. The van der Waals surface area contributed by atoms with Crippen molar-refractivity contribution in [2.45, 2.75) is 71.9 Å². The van der Waals surface area contributed by atoms with Crippen LogP contribution in [0.2, 0.25) is 0 Å². The summed E-state index contributed by atoms with van der Waals surface area (Å²) in [5.74, 6) is 3.05. The minimum atomic E-state index is -1.27. The first-order valence-corrected chi connectivity index (χ1v) is 16.5. The topological polar surface area (TPSA) is 102 Å². The first-order chi connectivity index (χ1) is 23.1. The molecule has 3 rings (SSSR count). The van der Waals surface area contributed by atoms with Crippen molar-refractivity contribution in [2.75, 3.05) is 26.2 Å². The number of carbonyl (C=O) groups excluding carboxylic acids is 3. The van der Waals surface area contributed by atoms with Gasteiger partial charge in [-0.3, -0.25) is 19.8 Å². The second-order valence-corrected chi connectivity index (χ2v) is 11.7. The normalized spacial score (nSPS) is 12.1. The van der Waals surface area contributed by atoms with Crippen LogP contribution < -0.4 is 10.7 Å². The second-order valence-electron chi connectivity index (χ2n) is 11.7. The van der Waals surface area contributed by atoms with Crippen molar-refractivity contribution in [1.82, 2.24) is 20.7 Å². The lowest BCUT2D eigenvalue weighted by Crippen LogP contribution is -2.53. The van der Waals surface area contributed by atoms with Crippen molar-refractivity contribution < 1.29 is 28.3 Å². The van der Waals surface area contributed by atoms with Crippen LogP contribution in [0.15, 0.2) is 66.7 Å². The summed E-state index contributed by atoms with van der Waals surface area (Å²) in [4.78, 5) is 41.9. The van der Waals surface area contributed by atoms with Crippen LogP contribution in [-0.2, 0) is 17.6 Å². The molecule has 0 fully saturated rings. The zero-order valence-corrected chi connectivity index (χ0v) is 28.2. The number of hydrogen-bond acceptors (Lipinski definition) is 5. The zero-order valence-electron chi connectivity index (χ0n) is 28.2. The predicted octanol–water partition coefficient (Wildman–Crippen LogP) is 5.29. The number of halogens is 2. The molecule has 2 unspecified atom stereocenters. The van der Waals surface area contributed by atoms with E-state index < -0.39 is 29.7 Å². The lowest BCUT2D eigenvalue weighted by Gasteiger charge is -2.30. The van der Waals surface area contributed by atoms with Gasteiger partial charge >= 0.3 is 0 Å². The Balaban J connectivity index is 1.91. The molecular weight excluding hydrogens is 614 g/mol. The number of nitrogens with one attached hydrogen (secondary N) is 2. The number of nitrogens with zero attached hydrogens (tertiary/aromatic N) is 2. The zero-order chi connectivity index (χ0) is 35.1. The Labute approximate surface area is 282 Å². The molecule has 0 aromatic heterocycles. The summed E-state index contributed by atoms with van der Waals surface area (Å²) in [5.41, 5.74) is 4.82. The summed E-state index contributed by atoms with van der Waals surface area (Å²) in [5, 5.41) is 15.9. The van der Waals surface area contributed by atoms with Crippen LogP contribution >= 0.6 is 0 Å². The van der Waals surface area contributed by atoms with E-state index in [1.165, 1.54) is 6.07 Å². The van der Waals surface area contributed by atoms with Gasteiger partial charge in [-0.2, -0.15) is 0 Å². The molecule has 0 aliphatic rings. The third kappa shape index (κ3) is 11.9. The number of aliphatic hydroxyl groups excluding tert-OH is 1. The van der Waals surface area contributed by atoms with Crippen molar-refractivity contribution in [2.24, 2.45) is 0 Å². The average Bonchev–Trinajstić information content (AvgIpc) is 3.04. The molecule has 0 spiro atoms. The molecule has 256 valence electrons. The Bertz CT molecular complexity index is 1560. The number of hydrazine groups is 1. The summed E-state index contributed by atoms with van der Waals surface area (Å²) in [7, 11) is 0. The first-order valence-electron chi connectivity index (χ1n) is 16.5. The van der Waals surface area contributed by atoms with Crippen molar-refractivity contribution in [1.29, 1.82) is 0 Å². The van der Waals surface area contributed by atoms with Gasteiger partial charge in [0.2, 0.25) is 5.91 Å². The van der Waals surface area contributed by atoms with Gasteiger partial charge in [0.25, 0.3) is 11.8 Å². The van der Waals surface area contributed by atoms with Crippen molar-refractivity contribution in [3.63, 3.8) is 0 Å². The van der Waals surface area contributed by atoms with Gasteiger partial charge in [0.15, 0.2) is 0 Å². The molecule has 0 aliphatic carbocycles. The monoisotopic (exact) mass is 660 g/mol. The lowest BCUT2D eigenvalue weighted by molar-refractivity contribution is -0.126. The maximum Gasteiger partial charge on any atom is 0.253 e. The van der Waals surface area contributed by atoms with Crippen LogP contribution in [0.1, 0.15) is 84.4 Å². The first kappa shape index (κ1) is 37.9. The van der Waals surface area contributed by atoms with Gasteiger partial charge < -0.3 is 15.3 Å². The van der Waals surface area contributed by atoms with E-state index in [1.807, 2.05) is 51.1 Å². The molecule has 0 radical (unpaired) electrons. The van der Waals surface area contributed by atoms with Gasteiger partial charge in [0.05, 0.1) is 18.6 Å². The van der Waals surface area contributed by atoms with Crippen molar-refractivity contribution in [3.05, 3.63) is 106 Å². The Morgan fingerprint density at radius 2 is 1.46 bits per heavy atom. The summed E-state index contributed by atoms with van der Waals surface area (Å²) in [6.45, 7) is 9.00. The largest absolute Gasteiger partial charge is 0.390 e. The minimum absolute atomic E-state index is 0.0782. The average molecular weight is 661 g/mol. The van der Waals surface area contributed by atoms with Gasteiger partial charge in [-0.25, -0.2) is 13.8 Å². The van der Waals surface area contributed by atoms with E-state index in [-0.39, 0.29) is 42.3 Å². The number of carbonyl (C=O) groups is 3. The summed E-state index contributed by atoms with van der Waals surface area (Å²) in [6, 6.07) is 15.9. The smallest absolute Gasteiger partial charge is 0.253 e. The molecule has 0 heterocycles. The van der Waals surface area contributed by atoms with Crippen LogP contribution in [0.4, 0.5) is 8.78 Å². The highest BCUT2D eigenvalue weighted by molar-refractivity contribution is 6.00. The van der Waals surface area contributed by atoms with Crippen molar-refractivity contribution >= 4 is 17.7 Å². The van der Waals surface area contributed by atoms with E-state index in [0.717, 1.165) is 36.6 Å². The van der Waals surface area contributed by atoms with E-state index in [2.05, 4.69) is 22.6 Å². The highest BCUT2D eigenvalue weighted by atomic mass is 19.1. The molecular formula is C38H46F2N4O4. The molecule has 3 N–H and O–H groups in total. The molecule has 8 nitrogen and oxygen atoms in total. The standard InChI is InChI=1S/C38H46F2N4O4/c1-5-12-28-18-30(24-31(19-28)38(48)43(15-6-2)16-7-3)37(47)41-34(22-29-20-32(39)25-33(40)21-29)35(45)26-44(17-8-4)42-36(46)23-27-13-10-9-11-14-27/h9-11,13-14,18-21,24-25,34-35,45H,6-8,15-17,22-23,26H2,1-4H3,(H,41,47)(H,42,46). The summed E-state index contributed by atoms with van der Waals surface area (Å²) >= 11 is 0. The molecule has 0 saturated heterocycles. The van der Waals surface area contributed by atoms with Gasteiger partial charge in [-0.1, -0.05) is 57.0 Å². The number of benzene rings is 3. The quantitative estimate of drug-likeness (QED) is 0.135. The fourth-order valence-electron chi connectivity index (χ4n) is 5.47. The molecule has 10 heteroatoms. The molecule has 48 heavy (non-hydrogen) atoms. The highest BCUT2D eigenvalue weighted by Crippen LogP contribution is 2.17. The van der Waals surface area contributed by atoms with Gasteiger partial charge in [0, 0.05) is 48.9 Å². The van der Waals surface area contributed by atoms with Crippen LogP contribution in [-0.4, -0.2) is 71.1 Å². The van der Waals surface area contributed by atoms with Crippen molar-refractivity contribution in [3.8, 4) is 11.8 Å². The molecule has 0 bridgehead atoms. The Hall–Kier alpha value is -4.59. The van der Waals surface area contributed by atoms with E-state index in [4.69, 9.17) is 0 Å². The van der Waals surface area contributed by atoms with E-state index in [0.29, 0.717) is 37.2 Å². The highest BCUT2D eigenvalue weighted by Gasteiger charge is 2.27. The Morgan fingerprint density at radius 1 is 0.833 bits per heavy atom. The van der Waals surface area contributed by atoms with Gasteiger partial charge in [0.1, 0.15) is 11.6 Å². The minimum Gasteiger partial charge on any atom is -0.390 e. The number of amides is 3. The maximum absolute atomic E-state index is 14.2. The third-order valence-electron chi connectivity index (χ3n) is 7.54. The van der Waals surface area contributed by atoms with Crippen LogP contribution in [0.3, 0.4) is 0 Å². The number of rotatable bonds is 17. The number of aliphatic hydroxyl groups is 1. The Kier molecular flexibility index (Phi) is 15.2. The molecule has 0 saturated carbocycles. The lowest BCUT2D eigenvalue weighted by atomic mass is 9.99. The van der Waals surface area contributed by atoms with E-state index >= 15 is 0 Å². The van der Waals surface area contributed by atoms with Crippen LogP contribution in [0, 0.1) is 23.5 Å². The van der Waals surface area contributed by atoms with Gasteiger partial charge in [-0.05, 0) is 74.1 Å². The summed E-state index contributed by atoms with van der Waals surface area (Å²) in [6.07, 6.45) is 0.949. The molecule has 2 atom stereocenters. The maximum atomic E-state index is 14.2. The van der Waals surface area contributed by atoms with Gasteiger partial charge in [-0.15, -0.1) is 5.92 Å². The fourth-order valence-corrected chi connectivity index (χ4v) is 5.47. The fraction of sp³-hybridized carbons (Fsp3) is 0.395. The molecule has 3 amide bonds. The molecule has 3 aromatic carbocycles. The van der Waals surface area contributed by atoms with E-state index in [9.17, 15) is 28.3 Å². The van der Waals surface area contributed by atoms with E-state index in [1.54, 1.807) is 29.0 Å². The van der Waals surface area contributed by atoms with Crippen LogP contribution in [0.5, 0.6) is 0 Å². The Morgan fingerprint density at radius 3 is 2.06 bits per heavy atom.